The van der Waals surface area contributed by atoms with Gasteiger partial charge in [-0.05, 0) is 25.0 Å². The third kappa shape index (κ3) is 2.34. The maximum atomic E-state index is 5.42. The molecule has 5 heteroatoms. The average Bonchev–Trinajstić information content (AvgIpc) is 2.40. The normalized spacial score (nSPS) is 20.4. The number of ether oxygens (including phenoxy) is 1. The highest BCUT2D eigenvalue weighted by atomic mass is 16.5. The lowest BCUT2D eigenvalue weighted by atomic mass is 10.1. The van der Waals surface area contributed by atoms with Gasteiger partial charge in [0.15, 0.2) is 5.65 Å². The van der Waals surface area contributed by atoms with Crippen molar-refractivity contribution >= 4 is 17.0 Å². The zero-order valence-electron chi connectivity index (χ0n) is 9.47. The van der Waals surface area contributed by atoms with Gasteiger partial charge in [0, 0.05) is 19.0 Å². The average molecular weight is 230 g/mol. The smallest absolute Gasteiger partial charge is 0.180 e. The summed E-state index contributed by atoms with van der Waals surface area (Å²) in [5, 5.41) is 3.37. The van der Waals surface area contributed by atoms with Crippen molar-refractivity contribution in [2.75, 3.05) is 18.5 Å². The van der Waals surface area contributed by atoms with Crippen LogP contribution in [0.4, 0.5) is 5.82 Å². The van der Waals surface area contributed by atoms with Crippen molar-refractivity contribution in [1.82, 2.24) is 15.0 Å². The predicted octanol–water partition coefficient (Wildman–Crippen LogP) is 1.62. The lowest BCUT2D eigenvalue weighted by Gasteiger charge is -2.23. The van der Waals surface area contributed by atoms with Crippen LogP contribution in [0.25, 0.3) is 11.2 Å². The molecule has 1 saturated heterocycles. The van der Waals surface area contributed by atoms with Gasteiger partial charge in [0.25, 0.3) is 0 Å². The van der Waals surface area contributed by atoms with Crippen molar-refractivity contribution in [3.05, 3.63) is 24.5 Å². The Balaban J connectivity index is 1.80. The van der Waals surface area contributed by atoms with E-state index in [1.807, 2.05) is 12.1 Å². The fourth-order valence-electron chi connectivity index (χ4n) is 2.00. The second-order valence-electron chi connectivity index (χ2n) is 4.15. The quantitative estimate of drug-likeness (QED) is 0.849. The standard InChI is InChI=1S/C12H14N4O/c1-2-9(8-17-7-1)15-11-4-3-10-12(16-11)14-6-5-13-10/h3-6,9H,1-2,7-8H2,(H,14,15,16). The zero-order valence-corrected chi connectivity index (χ0v) is 9.47. The highest BCUT2D eigenvalue weighted by molar-refractivity contribution is 5.71. The summed E-state index contributed by atoms with van der Waals surface area (Å²) in [6.45, 7) is 1.62. The third-order valence-electron chi connectivity index (χ3n) is 2.84. The second-order valence-corrected chi connectivity index (χ2v) is 4.15. The number of nitrogens with zero attached hydrogens (tertiary/aromatic N) is 3. The zero-order chi connectivity index (χ0) is 11.5. The maximum absolute atomic E-state index is 5.42. The van der Waals surface area contributed by atoms with Gasteiger partial charge in [-0.15, -0.1) is 0 Å². The monoisotopic (exact) mass is 230 g/mol. The molecule has 0 radical (unpaired) electrons. The highest BCUT2D eigenvalue weighted by Gasteiger charge is 2.13. The van der Waals surface area contributed by atoms with Gasteiger partial charge in [-0.1, -0.05) is 0 Å². The van der Waals surface area contributed by atoms with Crippen LogP contribution in [0.5, 0.6) is 0 Å². The van der Waals surface area contributed by atoms with Gasteiger partial charge < -0.3 is 10.1 Å². The van der Waals surface area contributed by atoms with Crippen LogP contribution in [-0.2, 0) is 4.74 Å². The van der Waals surface area contributed by atoms with Gasteiger partial charge in [0.2, 0.25) is 0 Å². The van der Waals surface area contributed by atoms with Crippen molar-refractivity contribution in [3.63, 3.8) is 0 Å². The molecule has 0 saturated carbocycles. The number of pyridine rings is 1. The molecule has 0 aromatic carbocycles. The van der Waals surface area contributed by atoms with Crippen molar-refractivity contribution in [2.45, 2.75) is 18.9 Å². The molecule has 3 rings (SSSR count). The molecule has 2 aromatic rings. The number of anilines is 1. The molecule has 0 bridgehead atoms. The SMILES string of the molecule is c1cnc2nc(NC3CCCOC3)ccc2n1. The van der Waals surface area contributed by atoms with E-state index in [4.69, 9.17) is 4.74 Å². The number of fused-ring (bicyclic) bond motifs is 1. The fraction of sp³-hybridized carbons (Fsp3) is 0.417. The molecular formula is C12H14N4O. The Bertz CT molecular complexity index is 511. The van der Waals surface area contributed by atoms with Crippen LogP contribution < -0.4 is 5.32 Å². The molecule has 5 nitrogen and oxygen atoms in total. The highest BCUT2D eigenvalue weighted by Crippen LogP contribution is 2.14. The van der Waals surface area contributed by atoms with Crippen molar-refractivity contribution < 1.29 is 4.74 Å². The van der Waals surface area contributed by atoms with Gasteiger partial charge in [0.1, 0.15) is 11.3 Å². The lowest BCUT2D eigenvalue weighted by molar-refractivity contribution is 0.0875. The van der Waals surface area contributed by atoms with Crippen LogP contribution in [0.1, 0.15) is 12.8 Å². The minimum atomic E-state index is 0.352. The van der Waals surface area contributed by atoms with Crippen molar-refractivity contribution in [2.24, 2.45) is 0 Å². The van der Waals surface area contributed by atoms with E-state index in [0.717, 1.165) is 37.4 Å². The Hall–Kier alpha value is -1.75. The number of rotatable bonds is 2. The molecule has 0 spiro atoms. The minimum Gasteiger partial charge on any atom is -0.379 e. The Morgan fingerprint density at radius 2 is 2.18 bits per heavy atom. The molecule has 2 aromatic heterocycles. The second kappa shape index (κ2) is 4.63. The third-order valence-corrected chi connectivity index (χ3v) is 2.84. The lowest BCUT2D eigenvalue weighted by Crippen LogP contribution is -2.30. The molecule has 1 aliphatic heterocycles. The molecule has 17 heavy (non-hydrogen) atoms. The first-order valence-corrected chi connectivity index (χ1v) is 5.84. The van der Waals surface area contributed by atoms with Gasteiger partial charge in [-0.3, -0.25) is 4.98 Å². The van der Waals surface area contributed by atoms with E-state index in [9.17, 15) is 0 Å². The van der Waals surface area contributed by atoms with Crippen LogP contribution in [0.15, 0.2) is 24.5 Å². The van der Waals surface area contributed by atoms with Crippen LogP contribution in [-0.4, -0.2) is 34.2 Å². The van der Waals surface area contributed by atoms with Crippen LogP contribution >= 0.6 is 0 Å². The molecule has 1 aliphatic rings. The van der Waals surface area contributed by atoms with Crippen LogP contribution in [0, 0.1) is 0 Å². The summed E-state index contributed by atoms with van der Waals surface area (Å²) in [6.07, 6.45) is 5.56. The topological polar surface area (TPSA) is 59.9 Å². The molecule has 3 heterocycles. The molecule has 1 fully saturated rings. The maximum Gasteiger partial charge on any atom is 0.180 e. The van der Waals surface area contributed by atoms with Gasteiger partial charge in [-0.2, -0.15) is 0 Å². The van der Waals surface area contributed by atoms with E-state index in [1.165, 1.54) is 0 Å². The molecule has 88 valence electrons. The van der Waals surface area contributed by atoms with Gasteiger partial charge in [0.05, 0.1) is 12.6 Å². The number of nitrogens with one attached hydrogen (secondary N) is 1. The Morgan fingerprint density at radius 3 is 3.06 bits per heavy atom. The Kier molecular flexibility index (Phi) is 2.83. The molecular weight excluding hydrogens is 216 g/mol. The van der Waals surface area contributed by atoms with Crippen LogP contribution in [0.2, 0.25) is 0 Å². The van der Waals surface area contributed by atoms with E-state index in [0.29, 0.717) is 11.7 Å². The molecule has 0 amide bonds. The van der Waals surface area contributed by atoms with E-state index >= 15 is 0 Å². The summed E-state index contributed by atoms with van der Waals surface area (Å²) in [5.74, 6) is 0.841. The Morgan fingerprint density at radius 1 is 1.24 bits per heavy atom. The first-order valence-electron chi connectivity index (χ1n) is 5.84. The molecule has 0 aliphatic carbocycles. The summed E-state index contributed by atoms with van der Waals surface area (Å²) < 4.78 is 5.42. The van der Waals surface area contributed by atoms with E-state index in [2.05, 4.69) is 20.3 Å². The summed E-state index contributed by atoms with van der Waals surface area (Å²) in [6, 6.07) is 4.22. The van der Waals surface area contributed by atoms with Crippen LogP contribution in [0.3, 0.4) is 0 Å². The van der Waals surface area contributed by atoms with E-state index < -0.39 is 0 Å². The number of aromatic nitrogens is 3. The first kappa shape index (κ1) is 10.4. The summed E-state index contributed by atoms with van der Waals surface area (Å²) >= 11 is 0. The summed E-state index contributed by atoms with van der Waals surface area (Å²) in [7, 11) is 0. The van der Waals surface area contributed by atoms with E-state index in [1.54, 1.807) is 12.4 Å². The summed E-state index contributed by atoms with van der Waals surface area (Å²) in [5.41, 5.74) is 1.49. The minimum absolute atomic E-state index is 0.352. The van der Waals surface area contributed by atoms with Crippen molar-refractivity contribution in [3.8, 4) is 0 Å². The fourth-order valence-corrected chi connectivity index (χ4v) is 2.00. The first-order chi connectivity index (χ1) is 8.42. The largest absolute Gasteiger partial charge is 0.379 e. The molecule has 1 N–H and O–H groups in total. The number of hydrogen-bond acceptors (Lipinski definition) is 5. The summed E-state index contributed by atoms with van der Waals surface area (Å²) in [4.78, 5) is 12.8. The van der Waals surface area contributed by atoms with Gasteiger partial charge in [-0.25, -0.2) is 9.97 Å². The van der Waals surface area contributed by atoms with Gasteiger partial charge >= 0.3 is 0 Å². The predicted molar refractivity (Wildman–Crippen MR) is 64.8 cm³/mol. The molecule has 1 atom stereocenters. The van der Waals surface area contributed by atoms with Crippen molar-refractivity contribution in [1.29, 1.82) is 0 Å². The van der Waals surface area contributed by atoms with E-state index in [-0.39, 0.29) is 0 Å². The number of hydrogen-bond donors (Lipinski definition) is 1. The molecule has 1 unspecified atom stereocenters. The Labute approximate surface area is 99.3 Å².